The molecule has 3 atom stereocenters. The van der Waals surface area contributed by atoms with Crippen molar-refractivity contribution < 1.29 is 23.9 Å². The highest BCUT2D eigenvalue weighted by Crippen LogP contribution is 2.37. The second kappa shape index (κ2) is 9.84. The number of esters is 2. The van der Waals surface area contributed by atoms with E-state index in [1.807, 2.05) is 37.8 Å². The minimum atomic E-state index is -0.458. The normalized spacial score (nSPS) is 25.0. The summed E-state index contributed by atoms with van der Waals surface area (Å²) in [5.41, 5.74) is 0.839. The molecular weight excluding hydrogens is 394 g/mol. The number of carbonyl (C=O) groups excluding carboxylic acids is 3. The molecule has 0 radical (unpaired) electrons. The molecular formula is C25H35NO5. The van der Waals surface area contributed by atoms with E-state index in [1.165, 1.54) is 7.11 Å². The lowest BCUT2D eigenvalue weighted by Gasteiger charge is -2.38. The third-order valence-corrected chi connectivity index (χ3v) is 6.42. The van der Waals surface area contributed by atoms with Crippen molar-refractivity contribution in [3.63, 3.8) is 0 Å². The molecule has 6 nitrogen and oxygen atoms in total. The van der Waals surface area contributed by atoms with Crippen LogP contribution in [0, 0.1) is 17.8 Å². The highest BCUT2D eigenvalue weighted by Gasteiger charge is 2.36. The van der Waals surface area contributed by atoms with Crippen molar-refractivity contribution in [2.75, 3.05) is 18.6 Å². The number of benzene rings is 1. The lowest BCUT2D eigenvalue weighted by Crippen LogP contribution is -2.44. The molecule has 6 heteroatoms. The minimum Gasteiger partial charge on any atom is -0.465 e. The van der Waals surface area contributed by atoms with Gasteiger partial charge in [-0.25, -0.2) is 4.79 Å². The predicted molar refractivity (Wildman–Crippen MR) is 119 cm³/mol. The van der Waals surface area contributed by atoms with Crippen LogP contribution in [0.5, 0.6) is 0 Å². The van der Waals surface area contributed by atoms with E-state index in [0.717, 1.165) is 44.2 Å². The molecule has 0 bridgehead atoms. The van der Waals surface area contributed by atoms with Crippen molar-refractivity contribution in [3.05, 3.63) is 29.8 Å². The lowest BCUT2D eigenvalue weighted by atomic mass is 9.79. The summed E-state index contributed by atoms with van der Waals surface area (Å²) in [6, 6.07) is 7.04. The van der Waals surface area contributed by atoms with Gasteiger partial charge in [0.05, 0.1) is 18.6 Å². The van der Waals surface area contributed by atoms with Crippen molar-refractivity contribution in [1.82, 2.24) is 0 Å². The summed E-state index contributed by atoms with van der Waals surface area (Å²) < 4.78 is 10.4. The van der Waals surface area contributed by atoms with Gasteiger partial charge in [-0.1, -0.05) is 12.8 Å². The number of fused-ring (bicyclic) bond motifs is 1. The molecule has 0 aromatic heterocycles. The molecule has 2 aliphatic rings. The van der Waals surface area contributed by atoms with E-state index in [1.54, 1.807) is 12.1 Å². The van der Waals surface area contributed by atoms with Gasteiger partial charge in [0.1, 0.15) is 5.60 Å². The molecule has 1 aliphatic carbocycles. The minimum absolute atomic E-state index is 0.0444. The number of methoxy groups -OCH3 is 1. The Hall–Kier alpha value is -2.37. The summed E-state index contributed by atoms with van der Waals surface area (Å²) in [6.45, 7) is 6.42. The molecule has 0 N–H and O–H groups in total. The van der Waals surface area contributed by atoms with Crippen LogP contribution >= 0.6 is 0 Å². The monoisotopic (exact) mass is 429 g/mol. The fourth-order valence-corrected chi connectivity index (χ4v) is 4.81. The number of rotatable bonds is 3. The number of nitrogens with zero attached hydrogens (tertiary/aromatic N) is 1. The first-order chi connectivity index (χ1) is 14.7. The van der Waals surface area contributed by atoms with Gasteiger partial charge in [0.15, 0.2) is 0 Å². The van der Waals surface area contributed by atoms with Crippen molar-refractivity contribution in [3.8, 4) is 0 Å². The van der Waals surface area contributed by atoms with Crippen molar-refractivity contribution in [2.45, 2.75) is 71.3 Å². The van der Waals surface area contributed by atoms with E-state index in [0.29, 0.717) is 30.4 Å². The average Bonchev–Trinajstić information content (AvgIpc) is 2.81. The van der Waals surface area contributed by atoms with E-state index in [4.69, 9.17) is 9.47 Å². The van der Waals surface area contributed by atoms with Crippen molar-refractivity contribution in [2.24, 2.45) is 17.8 Å². The number of anilines is 1. The SMILES string of the molecule is COC(=O)c1ccc(N2CC3CCCC(C(=O)OC(C)(C)C)CCCC3CC2=O)cc1. The average molecular weight is 430 g/mol. The summed E-state index contributed by atoms with van der Waals surface area (Å²) in [5, 5.41) is 0. The van der Waals surface area contributed by atoms with E-state index in [2.05, 4.69) is 0 Å². The molecule has 3 unspecified atom stereocenters. The second-order valence-electron chi connectivity index (χ2n) is 9.86. The highest BCUT2D eigenvalue weighted by molar-refractivity contribution is 5.95. The van der Waals surface area contributed by atoms with E-state index >= 15 is 0 Å². The molecule has 1 saturated heterocycles. The first kappa shape index (κ1) is 23.3. The standard InChI is InChI=1S/C25H35NO5/c1-25(2,3)31-24(29)17-7-5-9-19-15-22(27)26(16-20(19)10-6-8-17)21-13-11-18(12-14-21)23(28)30-4/h11-14,17,19-20H,5-10,15-16H2,1-4H3. The first-order valence-corrected chi connectivity index (χ1v) is 11.4. The molecule has 1 saturated carbocycles. The third kappa shape index (κ3) is 6.08. The van der Waals surface area contributed by atoms with Crippen LogP contribution in [0.2, 0.25) is 0 Å². The Balaban J connectivity index is 1.65. The summed E-state index contributed by atoms with van der Waals surface area (Å²) in [5.74, 6) is 0.422. The molecule has 1 aliphatic heterocycles. The summed E-state index contributed by atoms with van der Waals surface area (Å²) >= 11 is 0. The molecule has 2 fully saturated rings. The van der Waals surface area contributed by atoms with Crippen LogP contribution in [0.1, 0.15) is 76.1 Å². The maximum Gasteiger partial charge on any atom is 0.337 e. The van der Waals surface area contributed by atoms with Gasteiger partial charge >= 0.3 is 11.9 Å². The Labute approximate surface area is 185 Å². The summed E-state index contributed by atoms with van der Waals surface area (Å²) in [7, 11) is 1.36. The molecule has 1 amide bonds. The van der Waals surface area contributed by atoms with Crippen LogP contribution in [0.25, 0.3) is 0 Å². The van der Waals surface area contributed by atoms with E-state index in [9.17, 15) is 14.4 Å². The van der Waals surface area contributed by atoms with Gasteiger partial charge < -0.3 is 14.4 Å². The van der Waals surface area contributed by atoms with Crippen LogP contribution < -0.4 is 4.90 Å². The Bertz CT molecular complexity index is 795. The topological polar surface area (TPSA) is 72.9 Å². The summed E-state index contributed by atoms with van der Waals surface area (Å²) in [4.78, 5) is 39.0. The zero-order valence-electron chi connectivity index (χ0n) is 19.2. The fourth-order valence-electron chi connectivity index (χ4n) is 4.81. The van der Waals surface area contributed by atoms with Crippen LogP contribution in [-0.4, -0.2) is 37.1 Å². The van der Waals surface area contributed by atoms with Gasteiger partial charge in [0.2, 0.25) is 5.91 Å². The maximum atomic E-state index is 12.9. The van der Waals surface area contributed by atoms with Crippen LogP contribution in [0.15, 0.2) is 24.3 Å². The van der Waals surface area contributed by atoms with Crippen LogP contribution in [-0.2, 0) is 19.1 Å². The molecule has 31 heavy (non-hydrogen) atoms. The van der Waals surface area contributed by atoms with Crippen LogP contribution in [0.3, 0.4) is 0 Å². The molecule has 1 aromatic rings. The van der Waals surface area contributed by atoms with Gasteiger partial charge in [0, 0.05) is 18.7 Å². The quantitative estimate of drug-likeness (QED) is 0.648. The summed E-state index contributed by atoms with van der Waals surface area (Å²) in [6.07, 6.45) is 6.13. The lowest BCUT2D eigenvalue weighted by molar-refractivity contribution is -0.160. The predicted octanol–water partition coefficient (Wildman–Crippen LogP) is 4.75. The fraction of sp³-hybridized carbons (Fsp3) is 0.640. The third-order valence-electron chi connectivity index (χ3n) is 6.42. The number of carbonyl (C=O) groups is 3. The number of amides is 1. The number of ether oxygens (including phenoxy) is 2. The van der Waals surface area contributed by atoms with Gasteiger partial charge in [-0.3, -0.25) is 9.59 Å². The zero-order chi connectivity index (χ0) is 22.6. The molecule has 1 heterocycles. The second-order valence-corrected chi connectivity index (χ2v) is 9.86. The van der Waals surface area contributed by atoms with Gasteiger partial charge in [-0.15, -0.1) is 0 Å². The highest BCUT2D eigenvalue weighted by atomic mass is 16.6. The molecule has 0 spiro atoms. The molecule has 1 aromatic carbocycles. The first-order valence-electron chi connectivity index (χ1n) is 11.4. The number of hydrogen-bond acceptors (Lipinski definition) is 5. The smallest absolute Gasteiger partial charge is 0.337 e. The van der Waals surface area contributed by atoms with Gasteiger partial charge in [-0.05, 0) is 82.6 Å². The Morgan fingerprint density at radius 3 is 2.16 bits per heavy atom. The molecule has 3 rings (SSSR count). The van der Waals surface area contributed by atoms with E-state index < -0.39 is 5.60 Å². The van der Waals surface area contributed by atoms with Gasteiger partial charge in [0.25, 0.3) is 0 Å². The Morgan fingerprint density at radius 1 is 0.968 bits per heavy atom. The number of hydrogen-bond donors (Lipinski definition) is 0. The van der Waals surface area contributed by atoms with Gasteiger partial charge in [-0.2, -0.15) is 0 Å². The largest absolute Gasteiger partial charge is 0.465 e. The Kier molecular flexibility index (Phi) is 7.39. The molecule has 170 valence electrons. The van der Waals surface area contributed by atoms with Crippen molar-refractivity contribution >= 4 is 23.5 Å². The number of piperidine rings is 1. The van der Waals surface area contributed by atoms with Crippen LogP contribution in [0.4, 0.5) is 5.69 Å². The maximum absolute atomic E-state index is 12.9. The Morgan fingerprint density at radius 2 is 1.58 bits per heavy atom. The van der Waals surface area contributed by atoms with E-state index in [-0.39, 0.29) is 23.8 Å². The van der Waals surface area contributed by atoms with Crippen molar-refractivity contribution in [1.29, 1.82) is 0 Å². The zero-order valence-corrected chi connectivity index (χ0v) is 19.2.